The first-order valence-electron chi connectivity index (χ1n) is 27.4. The van der Waals surface area contributed by atoms with Crippen molar-refractivity contribution in [1.82, 2.24) is 0 Å². The average Bonchev–Trinajstić information content (AvgIpc) is 3.70. The predicted molar refractivity (Wildman–Crippen MR) is 308 cm³/mol. The quantitative estimate of drug-likeness (QED) is 0.163. The number of benzene rings is 7. The zero-order valence-electron chi connectivity index (χ0n) is 45.4. The third-order valence-electron chi connectivity index (χ3n) is 19.9. The Bertz CT molecular complexity index is 3400. The van der Waals surface area contributed by atoms with Crippen molar-refractivity contribution in [2.75, 3.05) is 14.7 Å². The van der Waals surface area contributed by atoms with Crippen molar-refractivity contribution in [1.29, 1.82) is 0 Å². The molecule has 0 aromatic heterocycles. The summed E-state index contributed by atoms with van der Waals surface area (Å²) in [7, 11) is 0. The molecule has 0 amide bonds. The lowest BCUT2D eigenvalue weighted by Crippen LogP contribution is -2.64. The number of hydrogen-bond acceptors (Lipinski definition) is 3. The average molecular weight is 944 g/mol. The molecule has 0 bridgehead atoms. The van der Waals surface area contributed by atoms with Crippen LogP contribution in [-0.4, -0.2) is 12.3 Å². The van der Waals surface area contributed by atoms with Gasteiger partial charge in [0.25, 0.3) is 6.71 Å². The van der Waals surface area contributed by atoms with E-state index in [1.807, 2.05) is 0 Å². The molecule has 4 atom stereocenters. The molecule has 4 heterocycles. The second kappa shape index (κ2) is 14.8. The van der Waals surface area contributed by atoms with Gasteiger partial charge in [-0.05, 0) is 165 Å². The number of rotatable bonds is 3. The molecular weight excluding hydrogens is 870 g/mol. The molecule has 7 aromatic carbocycles. The van der Waals surface area contributed by atoms with Gasteiger partial charge in [0, 0.05) is 50.6 Å². The summed E-state index contributed by atoms with van der Waals surface area (Å²) >= 11 is 0. The second-order valence-corrected chi connectivity index (χ2v) is 26.8. The SMILES string of the molecule is CC(C)(C)c1ccc(N2c3ccc(C(C)(C)C)cc3B3c4cc(C(C)(C)C)cc5c4N(c4cc(N6c7ccc(-c8ccccc8)cc7C7(C)CCCCC67C)cc2c43)C2(C)c3ccccc3CCC52C)cc1. The van der Waals surface area contributed by atoms with Gasteiger partial charge in [-0.15, -0.1) is 0 Å². The molecule has 1 saturated carbocycles. The van der Waals surface area contributed by atoms with E-state index in [1.165, 1.54) is 126 Å². The van der Waals surface area contributed by atoms with Gasteiger partial charge in [-0.2, -0.15) is 0 Å². The fourth-order valence-electron chi connectivity index (χ4n) is 15.3. The van der Waals surface area contributed by atoms with E-state index >= 15 is 0 Å². The lowest BCUT2D eigenvalue weighted by molar-refractivity contribution is 0.195. The summed E-state index contributed by atoms with van der Waals surface area (Å²) in [6.07, 6.45) is 6.96. The molecule has 4 heteroatoms. The van der Waals surface area contributed by atoms with E-state index in [2.05, 4.69) is 244 Å². The van der Waals surface area contributed by atoms with Crippen molar-refractivity contribution in [2.24, 2.45) is 0 Å². The van der Waals surface area contributed by atoms with E-state index in [1.54, 1.807) is 0 Å². The van der Waals surface area contributed by atoms with Crippen LogP contribution in [0, 0.1) is 0 Å². The minimum absolute atomic E-state index is 0.0255. The van der Waals surface area contributed by atoms with Gasteiger partial charge in [0.15, 0.2) is 0 Å². The van der Waals surface area contributed by atoms with Crippen LogP contribution in [0.1, 0.15) is 161 Å². The number of fused-ring (bicyclic) bond motifs is 12. The molecule has 4 aliphatic heterocycles. The van der Waals surface area contributed by atoms with Crippen LogP contribution in [0.5, 0.6) is 0 Å². The van der Waals surface area contributed by atoms with Gasteiger partial charge in [0.1, 0.15) is 0 Å². The summed E-state index contributed by atoms with van der Waals surface area (Å²) in [6.45, 7) is 31.9. The summed E-state index contributed by atoms with van der Waals surface area (Å²) in [5.41, 5.74) is 25.6. The number of aryl methyl sites for hydroxylation is 1. The van der Waals surface area contributed by atoms with E-state index < -0.39 is 0 Å². The number of anilines is 7. The molecule has 0 radical (unpaired) electrons. The first kappa shape index (κ1) is 45.8. The van der Waals surface area contributed by atoms with E-state index in [4.69, 9.17) is 0 Å². The van der Waals surface area contributed by atoms with E-state index in [0.717, 1.165) is 19.3 Å². The first-order valence-corrected chi connectivity index (χ1v) is 27.4. The highest BCUT2D eigenvalue weighted by Crippen LogP contribution is 2.67. The topological polar surface area (TPSA) is 9.72 Å². The predicted octanol–water partition coefficient (Wildman–Crippen LogP) is 15.9. The Morgan fingerprint density at radius 3 is 1.81 bits per heavy atom. The van der Waals surface area contributed by atoms with Crippen LogP contribution in [-0.2, 0) is 39.0 Å². The van der Waals surface area contributed by atoms with Gasteiger partial charge < -0.3 is 14.7 Å². The van der Waals surface area contributed by atoms with Crippen LogP contribution >= 0.6 is 0 Å². The minimum atomic E-state index is -0.351. The van der Waals surface area contributed by atoms with Gasteiger partial charge in [-0.1, -0.05) is 186 Å². The Labute approximate surface area is 431 Å². The Balaban J connectivity index is 1.17. The van der Waals surface area contributed by atoms with Crippen molar-refractivity contribution < 1.29 is 0 Å². The molecule has 364 valence electrons. The minimum Gasteiger partial charge on any atom is -0.334 e. The Morgan fingerprint density at radius 2 is 1.08 bits per heavy atom. The van der Waals surface area contributed by atoms with Crippen LogP contribution in [0.4, 0.5) is 39.8 Å². The maximum atomic E-state index is 2.93. The van der Waals surface area contributed by atoms with Crippen LogP contribution < -0.4 is 31.1 Å². The molecule has 0 saturated heterocycles. The van der Waals surface area contributed by atoms with Gasteiger partial charge >= 0.3 is 0 Å². The molecule has 7 aromatic rings. The highest BCUT2D eigenvalue weighted by Gasteiger charge is 2.64. The van der Waals surface area contributed by atoms with E-state index in [9.17, 15) is 0 Å². The molecule has 72 heavy (non-hydrogen) atoms. The molecule has 13 rings (SSSR count). The summed E-state index contributed by atoms with van der Waals surface area (Å²) in [4.78, 5) is 8.46. The lowest BCUT2D eigenvalue weighted by Gasteiger charge is -2.54. The van der Waals surface area contributed by atoms with Crippen molar-refractivity contribution >= 4 is 62.9 Å². The van der Waals surface area contributed by atoms with Crippen LogP contribution in [0.3, 0.4) is 0 Å². The molecule has 0 spiro atoms. The molecule has 4 unspecified atom stereocenters. The third kappa shape index (κ3) is 5.99. The normalized spacial score (nSPS) is 24.5. The summed E-state index contributed by atoms with van der Waals surface area (Å²) in [6, 6.07) is 55.8. The molecular formula is C68H74BN3. The smallest absolute Gasteiger partial charge is 0.252 e. The maximum absolute atomic E-state index is 2.93. The molecule has 3 nitrogen and oxygen atoms in total. The van der Waals surface area contributed by atoms with Crippen molar-refractivity contribution in [3.63, 3.8) is 0 Å². The molecule has 2 aliphatic carbocycles. The Hall–Kier alpha value is -6.00. The van der Waals surface area contributed by atoms with Gasteiger partial charge in [-0.3, -0.25) is 0 Å². The zero-order chi connectivity index (χ0) is 50.3. The van der Waals surface area contributed by atoms with Crippen molar-refractivity contribution in [2.45, 2.75) is 167 Å². The monoisotopic (exact) mass is 944 g/mol. The highest BCUT2D eigenvalue weighted by molar-refractivity contribution is 7.00. The molecule has 6 aliphatic rings. The van der Waals surface area contributed by atoms with Gasteiger partial charge in [0.05, 0.1) is 11.1 Å². The van der Waals surface area contributed by atoms with Crippen molar-refractivity contribution in [3.8, 4) is 11.1 Å². The third-order valence-corrected chi connectivity index (χ3v) is 19.9. The Kier molecular flexibility index (Phi) is 9.44. The lowest BCUT2D eigenvalue weighted by atomic mass is 9.33. The van der Waals surface area contributed by atoms with Crippen LogP contribution in [0.15, 0.2) is 140 Å². The largest absolute Gasteiger partial charge is 0.334 e. The zero-order valence-corrected chi connectivity index (χ0v) is 45.4. The molecule has 1 fully saturated rings. The van der Waals surface area contributed by atoms with Crippen LogP contribution in [0.25, 0.3) is 11.1 Å². The maximum Gasteiger partial charge on any atom is 0.252 e. The van der Waals surface area contributed by atoms with E-state index in [0.29, 0.717) is 0 Å². The Morgan fingerprint density at radius 1 is 0.444 bits per heavy atom. The van der Waals surface area contributed by atoms with Crippen molar-refractivity contribution in [3.05, 3.63) is 178 Å². The first-order chi connectivity index (χ1) is 34.1. The van der Waals surface area contributed by atoms with E-state index in [-0.39, 0.29) is 44.9 Å². The number of hydrogen-bond donors (Lipinski definition) is 0. The van der Waals surface area contributed by atoms with Crippen LogP contribution in [0.2, 0.25) is 0 Å². The fraction of sp³-hybridized carbons (Fsp3) is 0.382. The highest BCUT2D eigenvalue weighted by atomic mass is 15.3. The standard InChI is InChI=1S/C68H74BN3/c1-62(2,3)46-26-29-49(30-27-46)70-57-32-28-47(63(4,5)6)39-54(57)69-55-40-48(64(7,8)9)38-53-61(55)72(68(13)51-24-18-17-23-44(51)33-36-66(53,68)11)59-42-50(41-58(70)60(59)69)71-56-31-25-45(43-21-15-14-16-22-43)37-52(56)65(10)34-19-20-35-67(65,71)12/h14-18,21-32,37-42H,19-20,33-36H2,1-13H3. The second-order valence-electron chi connectivity index (χ2n) is 26.8. The summed E-state index contributed by atoms with van der Waals surface area (Å²) in [5, 5.41) is 0. The molecule has 0 N–H and O–H groups in total. The summed E-state index contributed by atoms with van der Waals surface area (Å²) < 4.78 is 0. The number of nitrogens with zero attached hydrogens (tertiary/aromatic N) is 3. The van der Waals surface area contributed by atoms with Gasteiger partial charge in [0.2, 0.25) is 0 Å². The van der Waals surface area contributed by atoms with Gasteiger partial charge in [-0.25, -0.2) is 0 Å². The summed E-state index contributed by atoms with van der Waals surface area (Å²) in [5.74, 6) is 0. The fourth-order valence-corrected chi connectivity index (χ4v) is 15.3.